The van der Waals surface area contributed by atoms with Crippen molar-refractivity contribution >= 4 is 11.8 Å². The number of unbranched alkanes of at least 4 members (excludes halogenated alkanes) is 4. The normalized spacial score (nSPS) is 13.2. The van der Waals surface area contributed by atoms with E-state index in [1.165, 1.54) is 36.8 Å². The Hall–Kier alpha value is -1.61. The maximum atomic E-state index is 11.8. The van der Waals surface area contributed by atoms with Crippen molar-refractivity contribution in [2.45, 2.75) is 168 Å². The molecule has 0 aromatic heterocycles. The molecule has 0 saturated heterocycles. The van der Waals surface area contributed by atoms with Crippen LogP contribution < -0.4 is 0 Å². The summed E-state index contributed by atoms with van der Waals surface area (Å²) in [5.41, 5.74) is 4.53. The number of hydrogen-bond acceptors (Lipinski definition) is 3. The Morgan fingerprint density at radius 2 is 0.878 bits per heavy atom. The van der Waals surface area contributed by atoms with E-state index in [1.807, 2.05) is 0 Å². The molecule has 0 unspecified atom stereocenters. The molecule has 2 rings (SSSR count). The minimum atomic E-state index is -0.178. The predicted molar refractivity (Wildman–Crippen MR) is 181 cm³/mol. The van der Waals surface area contributed by atoms with Gasteiger partial charge in [0, 0.05) is 11.1 Å². The quantitative estimate of drug-likeness (QED) is 0.218. The second kappa shape index (κ2) is 14.2. The second-order valence-electron chi connectivity index (χ2n) is 16.2. The first-order valence-electron chi connectivity index (χ1n) is 16.2. The molecule has 2 N–H and O–H groups in total. The lowest BCUT2D eigenvalue weighted by Crippen LogP contribution is -2.25. The van der Waals surface area contributed by atoms with E-state index in [0.29, 0.717) is 11.5 Å². The van der Waals surface area contributed by atoms with Crippen molar-refractivity contribution < 1.29 is 10.2 Å². The molecule has 0 aliphatic carbocycles. The first kappa shape index (κ1) is 35.6. The Morgan fingerprint density at radius 1 is 0.537 bits per heavy atom. The Bertz CT molecular complexity index is 1040. The number of phenolic OH excluding ortho intramolecular Hbond substituents is 2. The van der Waals surface area contributed by atoms with Crippen molar-refractivity contribution in [2.75, 3.05) is 0 Å². The summed E-state index contributed by atoms with van der Waals surface area (Å²) in [5, 5.41) is 23.6. The Morgan fingerprint density at radius 3 is 1.17 bits per heavy atom. The van der Waals surface area contributed by atoms with Crippen LogP contribution in [0, 0.1) is 10.8 Å². The molecule has 0 aliphatic heterocycles. The molecule has 2 aromatic carbocycles. The van der Waals surface area contributed by atoms with Crippen LogP contribution in [-0.4, -0.2) is 10.2 Å². The minimum absolute atomic E-state index is 0.139. The number of aromatic hydroxyl groups is 2. The van der Waals surface area contributed by atoms with Gasteiger partial charge in [-0.1, -0.05) is 133 Å². The Labute approximate surface area is 258 Å². The van der Waals surface area contributed by atoms with Gasteiger partial charge in [-0.3, -0.25) is 0 Å². The first-order chi connectivity index (χ1) is 18.8. The number of benzene rings is 2. The van der Waals surface area contributed by atoms with Crippen LogP contribution in [0.5, 0.6) is 11.5 Å². The highest BCUT2D eigenvalue weighted by Gasteiger charge is 2.33. The summed E-state index contributed by atoms with van der Waals surface area (Å²) in [6.45, 7) is 27.2. The van der Waals surface area contributed by atoms with Gasteiger partial charge in [-0.15, -0.1) is 0 Å². The number of phenols is 2. The third kappa shape index (κ3) is 10.9. The molecular formula is C38H62O2S. The van der Waals surface area contributed by atoms with Crippen LogP contribution in [0.3, 0.4) is 0 Å². The number of aryl methyl sites for hydroxylation is 2. The van der Waals surface area contributed by atoms with Gasteiger partial charge < -0.3 is 10.2 Å². The van der Waals surface area contributed by atoms with Crippen molar-refractivity contribution in [2.24, 2.45) is 10.8 Å². The standard InChI is InChI=1S/C38H62O2S/c1-13-15-17-19-27-21-29(37(9,10)25-35(3,4)5)33(39)31(23-27)41-32-24-28(20-18-16-14-2)22-30(34(32)40)38(11,12)26-36(6,7)8/h21-24,39-40H,13-20,25-26H2,1-12H3. The summed E-state index contributed by atoms with van der Waals surface area (Å²) < 4.78 is 0. The molecule has 0 heterocycles. The van der Waals surface area contributed by atoms with E-state index < -0.39 is 0 Å². The van der Waals surface area contributed by atoms with Gasteiger partial charge in [0.1, 0.15) is 11.5 Å². The summed E-state index contributed by atoms with van der Waals surface area (Å²) >= 11 is 1.54. The Kier molecular flexibility index (Phi) is 12.4. The van der Waals surface area contributed by atoms with Gasteiger partial charge in [0.05, 0.1) is 9.79 Å². The van der Waals surface area contributed by atoms with E-state index in [2.05, 4.69) is 107 Å². The van der Waals surface area contributed by atoms with E-state index >= 15 is 0 Å². The van der Waals surface area contributed by atoms with Crippen molar-refractivity contribution in [3.63, 3.8) is 0 Å². The smallest absolute Gasteiger partial charge is 0.133 e. The monoisotopic (exact) mass is 582 g/mol. The third-order valence-electron chi connectivity index (χ3n) is 8.03. The zero-order valence-electron chi connectivity index (χ0n) is 28.7. The molecule has 0 saturated carbocycles. The van der Waals surface area contributed by atoms with Crippen LogP contribution >= 0.6 is 11.8 Å². The summed E-state index contributed by atoms with van der Waals surface area (Å²) in [6, 6.07) is 8.85. The molecule has 0 spiro atoms. The zero-order valence-corrected chi connectivity index (χ0v) is 29.5. The molecule has 41 heavy (non-hydrogen) atoms. The largest absolute Gasteiger partial charge is 0.506 e. The lowest BCUT2D eigenvalue weighted by Gasteiger charge is -2.34. The molecule has 0 fully saturated rings. The van der Waals surface area contributed by atoms with Gasteiger partial charge in [0.15, 0.2) is 0 Å². The lowest BCUT2D eigenvalue weighted by molar-refractivity contribution is 0.277. The van der Waals surface area contributed by atoms with Gasteiger partial charge in [-0.25, -0.2) is 0 Å². The SMILES string of the molecule is CCCCCc1cc(Sc2cc(CCCCC)cc(C(C)(C)CC(C)(C)C)c2O)c(O)c(C(C)(C)CC(C)(C)C)c1. The van der Waals surface area contributed by atoms with Gasteiger partial charge in [0.25, 0.3) is 0 Å². The van der Waals surface area contributed by atoms with Crippen LogP contribution in [-0.2, 0) is 23.7 Å². The highest BCUT2D eigenvalue weighted by molar-refractivity contribution is 7.99. The van der Waals surface area contributed by atoms with Crippen LogP contribution in [0.2, 0.25) is 0 Å². The zero-order chi connectivity index (χ0) is 31.2. The van der Waals surface area contributed by atoms with Crippen molar-refractivity contribution in [1.82, 2.24) is 0 Å². The molecule has 3 heteroatoms. The van der Waals surface area contributed by atoms with Gasteiger partial charge >= 0.3 is 0 Å². The molecule has 0 amide bonds. The fraction of sp³-hybridized carbons (Fsp3) is 0.684. The third-order valence-corrected chi connectivity index (χ3v) is 9.09. The van der Waals surface area contributed by atoms with E-state index in [4.69, 9.17) is 0 Å². The van der Waals surface area contributed by atoms with Crippen LogP contribution in [0.15, 0.2) is 34.1 Å². The number of rotatable bonds is 14. The average molecular weight is 583 g/mol. The van der Waals surface area contributed by atoms with Crippen molar-refractivity contribution in [3.05, 3.63) is 46.5 Å². The van der Waals surface area contributed by atoms with E-state index in [9.17, 15) is 10.2 Å². The fourth-order valence-electron chi connectivity index (χ4n) is 6.92. The summed E-state index contributed by atoms with van der Waals surface area (Å²) in [4.78, 5) is 1.72. The molecule has 0 radical (unpaired) electrons. The molecule has 0 bridgehead atoms. The lowest BCUT2D eigenvalue weighted by atomic mass is 9.71. The van der Waals surface area contributed by atoms with Crippen LogP contribution in [0.1, 0.15) is 157 Å². The summed E-state index contributed by atoms with van der Waals surface area (Å²) in [5.74, 6) is 0.740. The maximum absolute atomic E-state index is 11.8. The molecule has 232 valence electrons. The van der Waals surface area contributed by atoms with Gasteiger partial charge in [-0.05, 0) is 83.4 Å². The van der Waals surface area contributed by atoms with E-state index in [1.54, 1.807) is 11.8 Å². The molecule has 0 aliphatic rings. The number of hydrogen-bond donors (Lipinski definition) is 2. The van der Waals surface area contributed by atoms with Crippen LogP contribution in [0.4, 0.5) is 0 Å². The van der Waals surface area contributed by atoms with Crippen molar-refractivity contribution in [1.29, 1.82) is 0 Å². The molecule has 0 atom stereocenters. The van der Waals surface area contributed by atoms with Gasteiger partial charge in [-0.2, -0.15) is 0 Å². The van der Waals surface area contributed by atoms with Crippen LogP contribution in [0.25, 0.3) is 0 Å². The minimum Gasteiger partial charge on any atom is -0.506 e. The predicted octanol–water partition coefficient (Wildman–Crippen LogP) is 12.1. The highest BCUT2D eigenvalue weighted by atomic mass is 32.2. The van der Waals surface area contributed by atoms with E-state index in [0.717, 1.165) is 59.4 Å². The van der Waals surface area contributed by atoms with E-state index in [-0.39, 0.29) is 21.7 Å². The van der Waals surface area contributed by atoms with Crippen molar-refractivity contribution in [3.8, 4) is 11.5 Å². The molecule has 2 aromatic rings. The molecular weight excluding hydrogens is 520 g/mol. The Balaban J connectivity index is 2.69. The summed E-state index contributed by atoms with van der Waals surface area (Å²) in [7, 11) is 0. The van der Waals surface area contributed by atoms with Gasteiger partial charge in [0.2, 0.25) is 0 Å². The average Bonchev–Trinajstić information content (AvgIpc) is 2.79. The fourth-order valence-corrected chi connectivity index (χ4v) is 8.00. The molecule has 2 nitrogen and oxygen atoms in total. The first-order valence-corrected chi connectivity index (χ1v) is 17.0. The highest BCUT2D eigenvalue weighted by Crippen LogP contribution is 2.50. The summed E-state index contributed by atoms with van der Waals surface area (Å²) in [6.07, 6.45) is 11.0. The maximum Gasteiger partial charge on any atom is 0.133 e. The topological polar surface area (TPSA) is 40.5 Å². The second-order valence-corrected chi connectivity index (χ2v) is 17.3.